The molecule has 1 aromatic heterocycles. The number of pyridine rings is 1. The van der Waals surface area contributed by atoms with Crippen molar-refractivity contribution in [2.45, 2.75) is 19.8 Å². The lowest BCUT2D eigenvalue weighted by atomic mass is 9.99. The van der Waals surface area contributed by atoms with Crippen molar-refractivity contribution in [2.75, 3.05) is 11.4 Å². The largest absolute Gasteiger partial charge is 0.308 e. The number of anilines is 1. The van der Waals surface area contributed by atoms with Crippen LogP contribution in [0.1, 0.15) is 27.9 Å². The summed E-state index contributed by atoms with van der Waals surface area (Å²) in [5.41, 5.74) is 4.06. The van der Waals surface area contributed by atoms with E-state index in [1.807, 2.05) is 17.0 Å². The summed E-state index contributed by atoms with van der Waals surface area (Å²) >= 11 is 5.87. The van der Waals surface area contributed by atoms with Gasteiger partial charge in [-0.2, -0.15) is 0 Å². The van der Waals surface area contributed by atoms with Gasteiger partial charge in [0.05, 0.1) is 0 Å². The summed E-state index contributed by atoms with van der Waals surface area (Å²) in [5, 5.41) is 0.344. The van der Waals surface area contributed by atoms with E-state index in [1.165, 1.54) is 11.1 Å². The minimum absolute atomic E-state index is 0.0147. The van der Waals surface area contributed by atoms with E-state index in [0.717, 1.165) is 25.1 Å². The summed E-state index contributed by atoms with van der Waals surface area (Å²) in [4.78, 5) is 18.4. The van der Waals surface area contributed by atoms with Crippen LogP contribution in [0.15, 0.2) is 36.5 Å². The lowest BCUT2D eigenvalue weighted by Crippen LogP contribution is -2.35. The van der Waals surface area contributed by atoms with Crippen molar-refractivity contribution in [3.63, 3.8) is 0 Å². The number of halogens is 1. The lowest BCUT2D eigenvalue weighted by molar-refractivity contribution is 0.0985. The monoisotopic (exact) mass is 286 g/mol. The minimum Gasteiger partial charge on any atom is -0.308 e. The molecule has 0 saturated heterocycles. The van der Waals surface area contributed by atoms with Gasteiger partial charge < -0.3 is 4.90 Å². The second kappa shape index (κ2) is 5.25. The molecular weight excluding hydrogens is 272 g/mol. The molecule has 0 atom stereocenters. The molecule has 102 valence electrons. The van der Waals surface area contributed by atoms with Crippen LogP contribution in [-0.2, 0) is 6.42 Å². The van der Waals surface area contributed by atoms with Crippen molar-refractivity contribution < 1.29 is 4.79 Å². The van der Waals surface area contributed by atoms with Gasteiger partial charge in [0.15, 0.2) is 0 Å². The number of amides is 1. The minimum atomic E-state index is -0.0147. The number of carbonyl (C=O) groups is 1. The van der Waals surface area contributed by atoms with Crippen LogP contribution in [-0.4, -0.2) is 17.4 Å². The third-order valence-electron chi connectivity index (χ3n) is 3.57. The Morgan fingerprint density at radius 3 is 2.95 bits per heavy atom. The number of nitrogens with zero attached hydrogens (tertiary/aromatic N) is 2. The molecule has 1 amide bonds. The first-order valence-electron chi connectivity index (χ1n) is 6.68. The zero-order valence-corrected chi connectivity index (χ0v) is 12.0. The maximum Gasteiger partial charge on any atom is 0.258 e. The zero-order valence-electron chi connectivity index (χ0n) is 11.3. The molecular formula is C16H15ClN2O. The van der Waals surface area contributed by atoms with E-state index in [4.69, 9.17) is 11.6 Å². The Balaban J connectivity index is 1.98. The molecule has 3 rings (SSSR count). The molecule has 0 saturated carbocycles. The number of hydrogen-bond acceptors (Lipinski definition) is 2. The lowest BCUT2D eigenvalue weighted by Gasteiger charge is -2.29. The van der Waals surface area contributed by atoms with Gasteiger partial charge in [-0.15, -0.1) is 0 Å². The Kier molecular flexibility index (Phi) is 3.45. The van der Waals surface area contributed by atoms with Crippen LogP contribution in [0.4, 0.5) is 5.69 Å². The Morgan fingerprint density at radius 1 is 1.30 bits per heavy atom. The van der Waals surface area contributed by atoms with Gasteiger partial charge in [0.2, 0.25) is 0 Å². The Labute approximate surface area is 123 Å². The molecule has 20 heavy (non-hydrogen) atoms. The highest BCUT2D eigenvalue weighted by Gasteiger charge is 2.23. The molecule has 1 aliphatic rings. The first-order chi connectivity index (χ1) is 9.65. The molecule has 1 aromatic carbocycles. The fraction of sp³-hybridized carbons (Fsp3) is 0.250. The summed E-state index contributed by atoms with van der Waals surface area (Å²) in [6, 6.07) is 9.56. The molecule has 0 unspecified atom stereocenters. The van der Waals surface area contributed by atoms with Crippen LogP contribution < -0.4 is 4.90 Å². The molecule has 0 bridgehead atoms. The van der Waals surface area contributed by atoms with E-state index in [0.29, 0.717) is 10.7 Å². The third kappa shape index (κ3) is 2.41. The van der Waals surface area contributed by atoms with Gasteiger partial charge in [-0.1, -0.05) is 29.3 Å². The quantitative estimate of drug-likeness (QED) is 0.750. The van der Waals surface area contributed by atoms with Crippen LogP contribution in [0.3, 0.4) is 0 Å². The van der Waals surface area contributed by atoms with E-state index in [-0.39, 0.29) is 5.91 Å². The fourth-order valence-electron chi connectivity index (χ4n) is 2.63. The SMILES string of the molecule is Cc1ccc2c(c1)CCCN2C(=O)c1ccnc(Cl)c1. The van der Waals surface area contributed by atoms with Gasteiger partial charge in [-0.05, 0) is 43.5 Å². The van der Waals surface area contributed by atoms with Crippen LogP contribution in [0.2, 0.25) is 5.15 Å². The van der Waals surface area contributed by atoms with E-state index >= 15 is 0 Å². The topological polar surface area (TPSA) is 33.2 Å². The average molecular weight is 287 g/mol. The van der Waals surface area contributed by atoms with Crippen LogP contribution in [0.5, 0.6) is 0 Å². The standard InChI is InChI=1S/C16H15ClN2O/c1-11-4-5-14-12(9-11)3-2-8-19(14)16(20)13-6-7-18-15(17)10-13/h4-7,9-10H,2-3,8H2,1H3. The smallest absolute Gasteiger partial charge is 0.258 e. The van der Waals surface area contributed by atoms with Crippen molar-refractivity contribution in [3.05, 3.63) is 58.4 Å². The van der Waals surface area contributed by atoms with Crippen molar-refractivity contribution in [2.24, 2.45) is 0 Å². The molecule has 2 aromatic rings. The number of carbonyl (C=O) groups excluding carboxylic acids is 1. The normalized spacial score (nSPS) is 14.0. The third-order valence-corrected chi connectivity index (χ3v) is 3.78. The number of rotatable bonds is 1. The molecule has 0 spiro atoms. The van der Waals surface area contributed by atoms with Crippen molar-refractivity contribution >= 4 is 23.2 Å². The summed E-state index contributed by atoms with van der Waals surface area (Å²) in [6.45, 7) is 2.82. The molecule has 1 aliphatic heterocycles. The molecule has 0 radical (unpaired) electrons. The molecule has 3 nitrogen and oxygen atoms in total. The first kappa shape index (κ1) is 13.1. The van der Waals surface area contributed by atoms with E-state index in [9.17, 15) is 4.79 Å². The highest BCUT2D eigenvalue weighted by atomic mass is 35.5. The molecule has 0 aliphatic carbocycles. The summed E-state index contributed by atoms with van der Waals surface area (Å²) in [6.07, 6.45) is 3.58. The highest BCUT2D eigenvalue weighted by Crippen LogP contribution is 2.29. The van der Waals surface area contributed by atoms with Crippen LogP contribution in [0, 0.1) is 6.92 Å². The van der Waals surface area contributed by atoms with Crippen molar-refractivity contribution in [1.29, 1.82) is 0 Å². The molecule has 0 N–H and O–H groups in total. The highest BCUT2D eigenvalue weighted by molar-refractivity contribution is 6.29. The zero-order chi connectivity index (χ0) is 14.1. The average Bonchev–Trinajstić information content (AvgIpc) is 2.45. The number of aryl methyl sites for hydroxylation is 2. The molecule has 4 heteroatoms. The predicted octanol–water partition coefficient (Wildman–Crippen LogP) is 3.64. The van der Waals surface area contributed by atoms with Gasteiger partial charge in [-0.25, -0.2) is 4.98 Å². The Bertz CT molecular complexity index is 669. The van der Waals surface area contributed by atoms with E-state index < -0.39 is 0 Å². The first-order valence-corrected chi connectivity index (χ1v) is 7.06. The summed E-state index contributed by atoms with van der Waals surface area (Å²) in [7, 11) is 0. The maximum atomic E-state index is 12.6. The Morgan fingerprint density at radius 2 is 2.15 bits per heavy atom. The summed E-state index contributed by atoms with van der Waals surface area (Å²) in [5.74, 6) is -0.0147. The second-order valence-electron chi connectivity index (χ2n) is 5.06. The van der Waals surface area contributed by atoms with Gasteiger partial charge in [0, 0.05) is 24.0 Å². The number of hydrogen-bond donors (Lipinski definition) is 0. The van der Waals surface area contributed by atoms with Crippen molar-refractivity contribution in [3.8, 4) is 0 Å². The van der Waals surface area contributed by atoms with Crippen molar-refractivity contribution in [1.82, 2.24) is 4.98 Å². The van der Waals surface area contributed by atoms with Crippen LogP contribution >= 0.6 is 11.6 Å². The van der Waals surface area contributed by atoms with Gasteiger partial charge in [0.25, 0.3) is 5.91 Å². The number of fused-ring (bicyclic) bond motifs is 1. The second-order valence-corrected chi connectivity index (χ2v) is 5.45. The molecule has 0 fully saturated rings. The predicted molar refractivity (Wildman–Crippen MR) is 80.4 cm³/mol. The maximum absolute atomic E-state index is 12.6. The van der Waals surface area contributed by atoms with Gasteiger partial charge in [-0.3, -0.25) is 4.79 Å². The number of aromatic nitrogens is 1. The van der Waals surface area contributed by atoms with E-state index in [2.05, 4.69) is 18.0 Å². The fourth-order valence-corrected chi connectivity index (χ4v) is 2.80. The van der Waals surface area contributed by atoms with Gasteiger partial charge >= 0.3 is 0 Å². The summed E-state index contributed by atoms with van der Waals surface area (Å²) < 4.78 is 0. The van der Waals surface area contributed by atoms with Gasteiger partial charge in [0.1, 0.15) is 5.15 Å². The Hall–Kier alpha value is -1.87. The van der Waals surface area contributed by atoms with Crippen LogP contribution in [0.25, 0.3) is 0 Å². The molecule has 2 heterocycles. The van der Waals surface area contributed by atoms with E-state index in [1.54, 1.807) is 18.3 Å². The number of benzene rings is 1.